The first-order valence-electron chi connectivity index (χ1n) is 9.23. The molecule has 0 bridgehead atoms. The molecule has 1 N–H and O–H groups in total. The van der Waals surface area contributed by atoms with E-state index in [9.17, 15) is 14.0 Å². The van der Waals surface area contributed by atoms with E-state index in [0.717, 1.165) is 16.8 Å². The summed E-state index contributed by atoms with van der Waals surface area (Å²) in [6, 6.07) is 3.02. The van der Waals surface area contributed by atoms with Crippen LogP contribution in [0.25, 0.3) is 0 Å². The van der Waals surface area contributed by atoms with Gasteiger partial charge in [0.2, 0.25) is 5.91 Å². The molecule has 0 radical (unpaired) electrons. The lowest BCUT2D eigenvalue weighted by molar-refractivity contribution is -0.119. The molecule has 146 valence electrons. The first-order chi connectivity index (χ1) is 13.4. The van der Waals surface area contributed by atoms with Crippen molar-refractivity contribution in [2.45, 2.75) is 38.6 Å². The average molecular weight is 385 g/mol. The van der Waals surface area contributed by atoms with Gasteiger partial charge >= 0.3 is 6.09 Å². The molecule has 1 unspecified atom stereocenters. The lowest BCUT2D eigenvalue weighted by atomic mass is 10.0. The van der Waals surface area contributed by atoms with Gasteiger partial charge in [-0.3, -0.25) is 14.4 Å². The van der Waals surface area contributed by atoms with Gasteiger partial charge in [0, 0.05) is 38.3 Å². The molecule has 9 heteroatoms. The Balaban J connectivity index is 1.41. The highest BCUT2D eigenvalue weighted by Gasteiger charge is 2.48. The van der Waals surface area contributed by atoms with Crippen LogP contribution in [0.3, 0.4) is 0 Å². The number of nitrogens with one attached hydrogen (secondary N) is 1. The fourth-order valence-electron chi connectivity index (χ4n) is 4.40. The van der Waals surface area contributed by atoms with Crippen molar-refractivity contribution in [2.24, 2.45) is 7.05 Å². The number of cyclic esters (lactones) is 1. The van der Waals surface area contributed by atoms with Gasteiger partial charge in [-0.1, -0.05) is 0 Å². The van der Waals surface area contributed by atoms with E-state index in [1.807, 2.05) is 24.2 Å². The molecule has 28 heavy (non-hydrogen) atoms. The largest absolute Gasteiger partial charge is 0.442 e. The molecule has 0 saturated carbocycles. The van der Waals surface area contributed by atoms with Gasteiger partial charge in [0.15, 0.2) is 0 Å². The van der Waals surface area contributed by atoms with Gasteiger partial charge in [0.25, 0.3) is 0 Å². The van der Waals surface area contributed by atoms with Crippen LogP contribution in [-0.4, -0.2) is 40.5 Å². The van der Waals surface area contributed by atoms with E-state index >= 15 is 0 Å². The van der Waals surface area contributed by atoms with Crippen LogP contribution in [0.15, 0.2) is 18.3 Å². The van der Waals surface area contributed by atoms with Gasteiger partial charge < -0.3 is 15.0 Å². The standard InChI is InChI=1S/C19H20FN5O3/c1-10(26)21-6-18-17-4-11-3-16(13(20)5-15(11)25(17)19(27)28-18)24-8-12-7-23(2)22-14(12)9-24/h3,5,7,17-18H,4,6,8-9H2,1-2H3,(H,21,26)/t17-,18?/m0/s1. The zero-order valence-corrected chi connectivity index (χ0v) is 15.6. The van der Waals surface area contributed by atoms with Gasteiger partial charge in [0.05, 0.1) is 36.2 Å². The molecule has 2 amide bonds. The van der Waals surface area contributed by atoms with Gasteiger partial charge in [-0.25, -0.2) is 9.18 Å². The number of amides is 2. The van der Waals surface area contributed by atoms with Gasteiger partial charge in [-0.15, -0.1) is 0 Å². The maximum atomic E-state index is 14.9. The van der Waals surface area contributed by atoms with E-state index in [4.69, 9.17) is 4.74 Å². The maximum absolute atomic E-state index is 14.9. The third-order valence-electron chi connectivity index (χ3n) is 5.63. The highest BCUT2D eigenvalue weighted by atomic mass is 19.1. The van der Waals surface area contributed by atoms with Crippen LogP contribution in [0.1, 0.15) is 23.7 Å². The molecule has 3 aliphatic rings. The monoisotopic (exact) mass is 385 g/mol. The van der Waals surface area contributed by atoms with Crippen molar-refractivity contribution >= 4 is 23.4 Å². The summed E-state index contributed by atoms with van der Waals surface area (Å²) in [7, 11) is 1.88. The van der Waals surface area contributed by atoms with E-state index in [0.29, 0.717) is 30.9 Å². The number of aryl methyl sites for hydroxylation is 1. The predicted molar refractivity (Wildman–Crippen MR) is 98.4 cm³/mol. The lowest BCUT2D eigenvalue weighted by Gasteiger charge is -2.20. The van der Waals surface area contributed by atoms with E-state index < -0.39 is 12.2 Å². The van der Waals surface area contributed by atoms with Gasteiger partial charge in [-0.05, 0) is 18.1 Å². The van der Waals surface area contributed by atoms with Crippen LogP contribution in [0.5, 0.6) is 0 Å². The van der Waals surface area contributed by atoms with Crippen LogP contribution in [0.2, 0.25) is 0 Å². The van der Waals surface area contributed by atoms with Crippen LogP contribution < -0.4 is 15.1 Å². The Morgan fingerprint density at radius 1 is 1.32 bits per heavy atom. The fourth-order valence-corrected chi connectivity index (χ4v) is 4.40. The summed E-state index contributed by atoms with van der Waals surface area (Å²) in [4.78, 5) is 27.0. The second-order valence-electron chi connectivity index (χ2n) is 7.56. The number of benzene rings is 1. The predicted octanol–water partition coefficient (Wildman–Crippen LogP) is 1.47. The Morgan fingerprint density at radius 2 is 2.14 bits per heavy atom. The number of fused-ring (bicyclic) bond motifs is 4. The molecular weight excluding hydrogens is 365 g/mol. The molecule has 3 aliphatic heterocycles. The SMILES string of the molecule is CC(=O)NCC1OC(=O)N2c3cc(F)c(N4Cc5cn(C)nc5C4)cc3C[C@@H]12. The summed E-state index contributed by atoms with van der Waals surface area (Å²) in [5.74, 6) is -0.548. The molecule has 1 aromatic heterocycles. The Kier molecular flexibility index (Phi) is 3.62. The number of rotatable bonds is 3. The third kappa shape index (κ3) is 2.53. The zero-order valence-electron chi connectivity index (χ0n) is 15.6. The number of nitrogens with zero attached hydrogens (tertiary/aromatic N) is 4. The molecule has 0 aliphatic carbocycles. The summed E-state index contributed by atoms with van der Waals surface area (Å²) in [5, 5.41) is 7.11. The van der Waals surface area contributed by atoms with Crippen molar-refractivity contribution in [1.29, 1.82) is 0 Å². The number of anilines is 2. The molecule has 4 heterocycles. The normalized spacial score (nSPS) is 22.2. The van der Waals surface area contributed by atoms with E-state index in [2.05, 4.69) is 10.4 Å². The number of ether oxygens (including phenoxy) is 1. The Morgan fingerprint density at radius 3 is 2.89 bits per heavy atom. The second-order valence-corrected chi connectivity index (χ2v) is 7.56. The van der Waals surface area contributed by atoms with Crippen molar-refractivity contribution in [3.8, 4) is 0 Å². The second kappa shape index (κ2) is 5.95. The van der Waals surface area contributed by atoms with Crippen LogP contribution in [0, 0.1) is 5.82 Å². The molecular formula is C19H20FN5O3. The number of hydrogen-bond acceptors (Lipinski definition) is 5. The Bertz CT molecular complexity index is 980. The molecule has 1 saturated heterocycles. The molecule has 1 fully saturated rings. The Hall–Kier alpha value is -3.10. The molecule has 8 nitrogen and oxygen atoms in total. The minimum absolute atomic E-state index is 0.180. The van der Waals surface area contributed by atoms with E-state index in [1.165, 1.54) is 17.9 Å². The van der Waals surface area contributed by atoms with Crippen LogP contribution in [-0.2, 0) is 36.1 Å². The first-order valence-corrected chi connectivity index (χ1v) is 9.23. The third-order valence-corrected chi connectivity index (χ3v) is 5.63. The minimum atomic E-state index is -0.496. The van der Waals surface area contributed by atoms with E-state index in [-0.39, 0.29) is 24.3 Å². The number of halogens is 1. The quantitative estimate of drug-likeness (QED) is 0.866. The Labute approximate surface area is 160 Å². The molecule has 5 rings (SSSR count). The summed E-state index contributed by atoms with van der Waals surface area (Å²) < 4.78 is 22.1. The molecule has 2 atom stereocenters. The van der Waals surface area contributed by atoms with Crippen molar-refractivity contribution in [2.75, 3.05) is 16.3 Å². The minimum Gasteiger partial charge on any atom is -0.442 e. The summed E-state index contributed by atoms with van der Waals surface area (Å²) in [6.45, 7) is 2.84. The molecule has 0 spiro atoms. The van der Waals surface area contributed by atoms with Crippen molar-refractivity contribution in [1.82, 2.24) is 15.1 Å². The van der Waals surface area contributed by atoms with E-state index in [1.54, 1.807) is 4.68 Å². The number of carbonyl (C=O) groups excluding carboxylic acids is 2. The van der Waals surface area contributed by atoms with Crippen molar-refractivity contribution in [3.05, 3.63) is 41.0 Å². The van der Waals surface area contributed by atoms with Crippen LogP contribution >= 0.6 is 0 Å². The molecule has 2 aromatic rings. The van der Waals surface area contributed by atoms with Crippen LogP contribution in [0.4, 0.5) is 20.6 Å². The average Bonchev–Trinajstić information content (AvgIpc) is 3.33. The lowest BCUT2D eigenvalue weighted by Crippen LogP contribution is -2.40. The number of aromatic nitrogens is 2. The highest BCUT2D eigenvalue weighted by Crippen LogP contribution is 2.42. The summed E-state index contributed by atoms with van der Waals surface area (Å²) in [5.41, 5.74) is 4.05. The summed E-state index contributed by atoms with van der Waals surface area (Å²) >= 11 is 0. The van der Waals surface area contributed by atoms with Gasteiger partial charge in [-0.2, -0.15) is 5.10 Å². The molecule has 1 aromatic carbocycles. The number of hydrogen-bond donors (Lipinski definition) is 1. The van der Waals surface area contributed by atoms with Gasteiger partial charge in [0.1, 0.15) is 11.9 Å². The topological polar surface area (TPSA) is 79.7 Å². The summed E-state index contributed by atoms with van der Waals surface area (Å²) in [6.07, 6.45) is 1.58. The van der Waals surface area contributed by atoms with Crippen molar-refractivity contribution < 1.29 is 18.7 Å². The number of carbonyl (C=O) groups is 2. The zero-order chi connectivity index (χ0) is 19.6. The van der Waals surface area contributed by atoms with Crippen molar-refractivity contribution in [3.63, 3.8) is 0 Å². The highest BCUT2D eigenvalue weighted by molar-refractivity contribution is 5.94. The first kappa shape index (κ1) is 17.0. The fraction of sp³-hybridized carbons (Fsp3) is 0.421. The maximum Gasteiger partial charge on any atom is 0.415 e. The smallest absolute Gasteiger partial charge is 0.415 e.